The van der Waals surface area contributed by atoms with Crippen LogP contribution in [0.15, 0.2) is 51.6 Å². The summed E-state index contributed by atoms with van der Waals surface area (Å²) < 4.78 is 18.0. The van der Waals surface area contributed by atoms with Crippen LogP contribution >= 0.6 is 15.9 Å². The van der Waals surface area contributed by atoms with Gasteiger partial charge in [-0.05, 0) is 43.2 Å². The van der Waals surface area contributed by atoms with Gasteiger partial charge >= 0.3 is 0 Å². The third-order valence-electron chi connectivity index (χ3n) is 5.47. The monoisotopic (exact) mass is 469 g/mol. The number of hydrogen-bond acceptors (Lipinski definition) is 4. The van der Waals surface area contributed by atoms with E-state index in [9.17, 15) is 4.79 Å². The van der Waals surface area contributed by atoms with E-state index in [0.717, 1.165) is 49.0 Å². The maximum Gasteiger partial charge on any atom is 0.247 e. The number of carbonyl (C=O) groups is 1. The molecule has 0 atom stereocenters. The normalized spacial score (nSPS) is 14.9. The molecular weight excluding hydrogens is 446 g/mol. The molecule has 0 radical (unpaired) electrons. The Balaban J connectivity index is 1.81. The number of nitrogens with zero attached hydrogens (tertiary/aromatic N) is 1. The van der Waals surface area contributed by atoms with Crippen LogP contribution in [0, 0.1) is 6.92 Å². The summed E-state index contributed by atoms with van der Waals surface area (Å²) in [5.74, 6) is 0.719. The second kappa shape index (κ2) is 8.66. The van der Waals surface area contributed by atoms with Gasteiger partial charge in [-0.1, -0.05) is 28.1 Å². The molecule has 0 saturated carbocycles. The molecule has 3 aromatic rings. The van der Waals surface area contributed by atoms with E-state index in [4.69, 9.17) is 13.9 Å². The highest BCUT2D eigenvalue weighted by Gasteiger charge is 2.20. The topological polar surface area (TPSA) is 51.9 Å². The van der Waals surface area contributed by atoms with Gasteiger partial charge < -0.3 is 18.8 Å². The Hall–Kier alpha value is -2.57. The van der Waals surface area contributed by atoms with Crippen molar-refractivity contribution in [2.75, 3.05) is 33.4 Å². The average molecular weight is 470 g/mol. The lowest BCUT2D eigenvalue weighted by Gasteiger charge is -2.26. The van der Waals surface area contributed by atoms with Crippen LogP contribution in [-0.4, -0.2) is 44.2 Å². The molecule has 0 bridgehead atoms. The van der Waals surface area contributed by atoms with E-state index < -0.39 is 0 Å². The molecule has 5 nitrogen and oxygen atoms in total. The number of hydrogen-bond donors (Lipinski definition) is 0. The second-order valence-corrected chi connectivity index (χ2v) is 8.30. The molecule has 0 unspecified atom stereocenters. The summed E-state index contributed by atoms with van der Waals surface area (Å²) in [5.41, 5.74) is 5.52. The second-order valence-electron chi connectivity index (χ2n) is 7.38. The van der Waals surface area contributed by atoms with Crippen LogP contribution in [0.2, 0.25) is 0 Å². The van der Waals surface area contributed by atoms with E-state index in [1.165, 1.54) is 0 Å². The van der Waals surface area contributed by atoms with Crippen molar-refractivity contribution in [3.8, 4) is 16.9 Å². The maximum atomic E-state index is 12.7. The number of halogens is 1. The summed E-state index contributed by atoms with van der Waals surface area (Å²) in [6.07, 6.45) is 3.47. The summed E-state index contributed by atoms with van der Waals surface area (Å²) in [4.78, 5) is 14.6. The number of furan rings is 1. The smallest absolute Gasteiger partial charge is 0.247 e. The van der Waals surface area contributed by atoms with Crippen molar-refractivity contribution >= 4 is 38.4 Å². The SMILES string of the molecule is COc1c(/C(C)=C/C(=O)N2CCOCC2)cc2c(-c3cccc(Br)c3)coc2c1C. The van der Waals surface area contributed by atoms with Crippen molar-refractivity contribution in [2.24, 2.45) is 0 Å². The van der Waals surface area contributed by atoms with E-state index in [0.29, 0.717) is 26.3 Å². The molecule has 156 valence electrons. The van der Waals surface area contributed by atoms with Crippen molar-refractivity contribution in [2.45, 2.75) is 13.8 Å². The molecule has 1 aliphatic rings. The molecule has 1 aliphatic heterocycles. The molecule has 2 heterocycles. The van der Waals surface area contributed by atoms with Gasteiger partial charge in [0.15, 0.2) is 0 Å². The van der Waals surface area contributed by atoms with E-state index in [-0.39, 0.29) is 5.91 Å². The molecule has 0 aliphatic carbocycles. The number of aryl methyl sites for hydroxylation is 1. The fourth-order valence-electron chi connectivity index (χ4n) is 3.89. The predicted octanol–water partition coefficient (Wildman–Crippen LogP) is 5.44. The van der Waals surface area contributed by atoms with Gasteiger partial charge in [0, 0.05) is 45.7 Å². The standard InChI is InChI=1S/C24H24BrNO4/c1-15(11-22(27)26-7-9-29-10-8-26)19-13-20-21(17-5-4-6-18(25)12-17)14-30-24(20)16(2)23(19)28-3/h4-6,11-14H,7-10H2,1-3H3/b15-11+. The molecule has 2 aromatic carbocycles. The molecule has 0 spiro atoms. The number of amides is 1. The summed E-state index contributed by atoms with van der Waals surface area (Å²) in [6, 6.07) is 10.2. The van der Waals surface area contributed by atoms with Crippen LogP contribution in [0.5, 0.6) is 5.75 Å². The van der Waals surface area contributed by atoms with Crippen molar-refractivity contribution in [3.05, 3.63) is 58.3 Å². The number of fused-ring (bicyclic) bond motifs is 1. The predicted molar refractivity (Wildman–Crippen MR) is 122 cm³/mol. The van der Waals surface area contributed by atoms with Crippen LogP contribution in [0.1, 0.15) is 18.1 Å². The van der Waals surface area contributed by atoms with Gasteiger partial charge in [0.1, 0.15) is 11.3 Å². The summed E-state index contributed by atoms with van der Waals surface area (Å²) in [6.45, 7) is 6.32. The van der Waals surface area contributed by atoms with Crippen LogP contribution in [-0.2, 0) is 9.53 Å². The molecule has 0 N–H and O–H groups in total. The minimum absolute atomic E-state index is 0.00462. The average Bonchev–Trinajstić information content (AvgIpc) is 3.18. The van der Waals surface area contributed by atoms with E-state index >= 15 is 0 Å². The zero-order valence-electron chi connectivity index (χ0n) is 17.3. The highest BCUT2D eigenvalue weighted by Crippen LogP contribution is 2.41. The van der Waals surface area contributed by atoms with Gasteiger partial charge in [-0.15, -0.1) is 0 Å². The molecule has 30 heavy (non-hydrogen) atoms. The highest BCUT2D eigenvalue weighted by molar-refractivity contribution is 9.10. The van der Waals surface area contributed by atoms with Crippen LogP contribution < -0.4 is 4.74 Å². The Kier molecular flexibility index (Phi) is 5.97. The number of carbonyl (C=O) groups excluding carboxylic acids is 1. The number of allylic oxidation sites excluding steroid dienone is 1. The van der Waals surface area contributed by atoms with Crippen LogP contribution in [0.25, 0.3) is 27.7 Å². The number of methoxy groups -OCH3 is 1. The Morgan fingerprint density at radius 1 is 1.23 bits per heavy atom. The molecular formula is C24H24BrNO4. The lowest BCUT2D eigenvalue weighted by molar-refractivity contribution is -0.129. The minimum atomic E-state index is -0.00462. The first-order valence-electron chi connectivity index (χ1n) is 9.89. The fraction of sp³-hybridized carbons (Fsp3) is 0.292. The van der Waals surface area contributed by atoms with Gasteiger partial charge in [0.05, 0.1) is 26.6 Å². The van der Waals surface area contributed by atoms with E-state index in [1.807, 2.05) is 30.9 Å². The van der Waals surface area contributed by atoms with E-state index in [1.54, 1.807) is 19.4 Å². The van der Waals surface area contributed by atoms with Crippen molar-refractivity contribution in [1.82, 2.24) is 4.90 Å². The molecule has 1 amide bonds. The molecule has 4 rings (SSSR count). The van der Waals surface area contributed by atoms with Crippen LogP contribution in [0.4, 0.5) is 0 Å². The van der Waals surface area contributed by atoms with Crippen molar-refractivity contribution < 1.29 is 18.7 Å². The van der Waals surface area contributed by atoms with Crippen molar-refractivity contribution in [3.63, 3.8) is 0 Å². The van der Waals surface area contributed by atoms with Crippen LogP contribution in [0.3, 0.4) is 0 Å². The minimum Gasteiger partial charge on any atom is -0.496 e. The number of rotatable bonds is 4. The van der Waals surface area contributed by atoms with Gasteiger partial charge in [-0.25, -0.2) is 0 Å². The zero-order chi connectivity index (χ0) is 21.3. The molecule has 1 aromatic heterocycles. The van der Waals surface area contributed by atoms with Gasteiger partial charge in [0.2, 0.25) is 5.91 Å². The lowest BCUT2D eigenvalue weighted by atomic mass is 9.96. The summed E-state index contributed by atoms with van der Waals surface area (Å²) in [5, 5.41) is 0.993. The fourth-order valence-corrected chi connectivity index (χ4v) is 4.29. The Morgan fingerprint density at radius 2 is 2.00 bits per heavy atom. The number of ether oxygens (including phenoxy) is 2. The number of morpholine rings is 1. The largest absolute Gasteiger partial charge is 0.496 e. The Labute approximate surface area is 184 Å². The first kappa shape index (κ1) is 20.7. The molecule has 1 saturated heterocycles. The first-order chi connectivity index (χ1) is 14.5. The Bertz CT molecular complexity index is 1130. The van der Waals surface area contributed by atoms with Crippen molar-refractivity contribution in [1.29, 1.82) is 0 Å². The quantitative estimate of drug-likeness (QED) is 0.477. The number of benzene rings is 2. The third kappa shape index (κ3) is 3.89. The summed E-state index contributed by atoms with van der Waals surface area (Å²) in [7, 11) is 1.65. The van der Waals surface area contributed by atoms with Gasteiger partial charge in [-0.3, -0.25) is 4.79 Å². The summed E-state index contributed by atoms with van der Waals surface area (Å²) >= 11 is 3.54. The molecule has 1 fully saturated rings. The van der Waals surface area contributed by atoms with Gasteiger partial charge in [-0.2, -0.15) is 0 Å². The molecule has 6 heteroatoms. The maximum absolute atomic E-state index is 12.7. The Morgan fingerprint density at radius 3 is 2.70 bits per heavy atom. The third-order valence-corrected chi connectivity index (χ3v) is 5.96. The highest BCUT2D eigenvalue weighted by atomic mass is 79.9. The zero-order valence-corrected chi connectivity index (χ0v) is 18.9. The first-order valence-corrected chi connectivity index (χ1v) is 10.7. The van der Waals surface area contributed by atoms with Gasteiger partial charge in [0.25, 0.3) is 0 Å². The van der Waals surface area contributed by atoms with E-state index in [2.05, 4.69) is 34.1 Å². The lowest BCUT2D eigenvalue weighted by Crippen LogP contribution is -2.39.